The van der Waals surface area contributed by atoms with Crippen molar-refractivity contribution in [2.45, 2.75) is 65.1 Å². The SMILES string of the molecule is COc1cc(C(=O)N(C)c2ccc(C)cc2OCCCCCC(=O)N2CCN(C)CC2)ccc1NC(=O)c1cccc2c1ncn2CO[Si](c1ccccc1)(c1ccccc1)C(C)(C)C. The number of piperazine rings is 1. The van der Waals surface area contributed by atoms with E-state index in [4.69, 9.17) is 18.9 Å². The summed E-state index contributed by atoms with van der Waals surface area (Å²) in [6.45, 7) is 12.8. The second-order valence-electron chi connectivity index (χ2n) is 17.9. The zero-order valence-corrected chi connectivity index (χ0v) is 39.8. The molecule has 340 valence electrons. The largest absolute Gasteiger partial charge is 0.495 e. The lowest BCUT2D eigenvalue weighted by molar-refractivity contribution is -0.132. The van der Waals surface area contributed by atoms with Gasteiger partial charge in [0.25, 0.3) is 20.1 Å². The van der Waals surface area contributed by atoms with E-state index in [9.17, 15) is 14.4 Å². The van der Waals surface area contributed by atoms with Crippen LogP contribution in [0.4, 0.5) is 11.4 Å². The van der Waals surface area contributed by atoms with E-state index >= 15 is 0 Å². The van der Waals surface area contributed by atoms with Gasteiger partial charge in [-0.3, -0.25) is 14.4 Å². The van der Waals surface area contributed by atoms with Crippen LogP contribution < -0.4 is 30.1 Å². The Morgan fingerprint density at radius 1 is 0.800 bits per heavy atom. The molecule has 1 aliphatic rings. The van der Waals surface area contributed by atoms with E-state index in [0.717, 1.165) is 56.5 Å². The van der Waals surface area contributed by atoms with Gasteiger partial charge in [0.2, 0.25) is 5.91 Å². The Morgan fingerprint density at radius 3 is 2.15 bits per heavy atom. The van der Waals surface area contributed by atoms with Crippen LogP contribution in [-0.2, 0) is 16.0 Å². The first-order valence-electron chi connectivity index (χ1n) is 22.5. The van der Waals surface area contributed by atoms with Crippen molar-refractivity contribution in [1.29, 1.82) is 0 Å². The maximum atomic E-state index is 14.0. The Kier molecular flexibility index (Phi) is 14.9. The van der Waals surface area contributed by atoms with Gasteiger partial charge in [-0.15, -0.1) is 0 Å². The predicted octanol–water partition coefficient (Wildman–Crippen LogP) is 8.13. The van der Waals surface area contributed by atoms with Gasteiger partial charge < -0.3 is 38.5 Å². The minimum Gasteiger partial charge on any atom is -0.495 e. The minimum absolute atomic E-state index is 0.209. The van der Waals surface area contributed by atoms with Crippen LogP contribution in [0, 0.1) is 6.92 Å². The van der Waals surface area contributed by atoms with Crippen LogP contribution in [0.2, 0.25) is 5.04 Å². The highest BCUT2D eigenvalue weighted by Crippen LogP contribution is 2.38. The van der Waals surface area contributed by atoms with Gasteiger partial charge in [0.1, 0.15) is 23.7 Å². The number of aryl methyl sites for hydroxylation is 1. The maximum absolute atomic E-state index is 14.0. The molecule has 1 fully saturated rings. The van der Waals surface area contributed by atoms with Crippen LogP contribution in [0.15, 0.2) is 122 Å². The van der Waals surface area contributed by atoms with E-state index < -0.39 is 8.32 Å². The molecular formula is C52H62N6O6Si. The predicted molar refractivity (Wildman–Crippen MR) is 261 cm³/mol. The molecule has 1 aliphatic heterocycles. The molecule has 0 saturated carbocycles. The van der Waals surface area contributed by atoms with Crippen molar-refractivity contribution in [2.24, 2.45) is 0 Å². The number of aromatic nitrogens is 2. The van der Waals surface area contributed by atoms with Gasteiger partial charge >= 0.3 is 0 Å². The molecule has 6 aromatic rings. The van der Waals surface area contributed by atoms with Crippen LogP contribution in [-0.4, -0.2) is 99.4 Å². The van der Waals surface area contributed by atoms with Crippen molar-refractivity contribution in [3.05, 3.63) is 138 Å². The molecule has 5 aromatic carbocycles. The number of ether oxygens (including phenoxy) is 2. The van der Waals surface area contributed by atoms with E-state index in [1.165, 1.54) is 17.5 Å². The summed E-state index contributed by atoms with van der Waals surface area (Å²) < 4.78 is 21.1. The lowest BCUT2D eigenvalue weighted by atomic mass is 10.1. The molecule has 12 nitrogen and oxygen atoms in total. The number of methoxy groups -OCH3 is 1. The van der Waals surface area contributed by atoms with Crippen molar-refractivity contribution >= 4 is 58.8 Å². The highest BCUT2D eigenvalue weighted by Gasteiger charge is 2.50. The summed E-state index contributed by atoms with van der Waals surface area (Å²) in [6, 6.07) is 37.2. The third-order valence-corrected chi connectivity index (χ3v) is 17.3. The number of unbranched alkanes of at least 4 members (excludes halogenated alkanes) is 2. The van der Waals surface area contributed by atoms with E-state index in [0.29, 0.717) is 52.5 Å². The third kappa shape index (κ3) is 10.5. The molecule has 7 rings (SSSR count). The van der Waals surface area contributed by atoms with Crippen LogP contribution >= 0.6 is 0 Å². The van der Waals surface area contributed by atoms with Crippen molar-refractivity contribution in [2.75, 3.05) is 64.2 Å². The topological polar surface area (TPSA) is 118 Å². The van der Waals surface area contributed by atoms with Crippen LogP contribution in [0.3, 0.4) is 0 Å². The smallest absolute Gasteiger partial charge is 0.263 e. The fraction of sp³-hybridized carbons (Fsp3) is 0.346. The molecule has 1 aromatic heterocycles. The van der Waals surface area contributed by atoms with Crippen LogP contribution in [0.5, 0.6) is 11.5 Å². The number of carbonyl (C=O) groups is 3. The van der Waals surface area contributed by atoms with Gasteiger partial charge in [-0.25, -0.2) is 4.98 Å². The number of nitrogens with one attached hydrogen (secondary N) is 1. The quantitative estimate of drug-likeness (QED) is 0.0721. The zero-order valence-electron chi connectivity index (χ0n) is 38.8. The average Bonchev–Trinajstić information content (AvgIpc) is 3.73. The molecule has 0 spiro atoms. The lowest BCUT2D eigenvalue weighted by Gasteiger charge is -2.43. The number of imidazole rings is 1. The monoisotopic (exact) mass is 894 g/mol. The van der Waals surface area contributed by atoms with Crippen LogP contribution in [0.1, 0.15) is 72.7 Å². The molecule has 1 N–H and O–H groups in total. The van der Waals surface area contributed by atoms with Gasteiger partial charge in [-0.05, 0) is 96.7 Å². The fourth-order valence-electron chi connectivity index (χ4n) is 8.69. The van der Waals surface area contributed by atoms with Crippen molar-refractivity contribution < 1.29 is 28.3 Å². The molecule has 1 saturated heterocycles. The summed E-state index contributed by atoms with van der Waals surface area (Å²) >= 11 is 0. The van der Waals surface area contributed by atoms with Crippen molar-refractivity contribution in [3.63, 3.8) is 0 Å². The number of rotatable bonds is 17. The summed E-state index contributed by atoms with van der Waals surface area (Å²) in [5.74, 6) is 0.527. The fourth-order valence-corrected chi connectivity index (χ4v) is 13.2. The number of amides is 3. The van der Waals surface area contributed by atoms with Gasteiger partial charge in [0.15, 0.2) is 0 Å². The first-order chi connectivity index (χ1) is 31.3. The Hall–Kier alpha value is -6.28. The summed E-state index contributed by atoms with van der Waals surface area (Å²) in [4.78, 5) is 51.1. The lowest BCUT2D eigenvalue weighted by Crippen LogP contribution is -2.66. The first-order valence-corrected chi connectivity index (χ1v) is 24.4. The molecule has 13 heteroatoms. The molecule has 0 atom stereocenters. The molecule has 3 amide bonds. The Morgan fingerprint density at radius 2 is 1.49 bits per heavy atom. The molecule has 0 unspecified atom stereocenters. The third-order valence-electron chi connectivity index (χ3n) is 12.4. The number of anilines is 2. The molecule has 0 bridgehead atoms. The Labute approximate surface area is 384 Å². The standard InChI is InChI=1S/C52H62N6O6Si/c1-38-25-28-44(47(34-38)63-33-16-10-15-24-48(59)57-31-29-55(5)30-32-57)56(6)51(61)39-26-27-43(46(35-39)62-7)54-50(60)42-22-17-23-45-49(42)53-36-58(45)37-64-65(52(2,3)4,40-18-11-8-12-19-40)41-20-13-9-14-21-41/h8-9,11-14,17-23,25-28,34-36H,10,15-16,24,29-33,37H2,1-7H3,(H,54,60). The number of carbonyl (C=O) groups excluding carboxylic acids is 3. The Balaban J connectivity index is 1.01. The molecule has 0 aliphatic carbocycles. The highest BCUT2D eigenvalue weighted by atomic mass is 28.4. The number of hydrogen-bond donors (Lipinski definition) is 1. The van der Waals surface area contributed by atoms with Gasteiger partial charge in [0.05, 0.1) is 42.5 Å². The number of benzene rings is 5. The highest BCUT2D eigenvalue weighted by molar-refractivity contribution is 6.99. The van der Waals surface area contributed by atoms with Crippen molar-refractivity contribution in [1.82, 2.24) is 19.4 Å². The van der Waals surface area contributed by atoms with Gasteiger partial charge in [-0.1, -0.05) is 93.6 Å². The number of hydrogen-bond acceptors (Lipinski definition) is 8. The molecule has 2 heterocycles. The second-order valence-corrected chi connectivity index (χ2v) is 22.2. The molecular weight excluding hydrogens is 833 g/mol. The number of fused-ring (bicyclic) bond motifs is 1. The zero-order chi connectivity index (χ0) is 46.1. The van der Waals surface area contributed by atoms with Gasteiger partial charge in [-0.2, -0.15) is 0 Å². The summed E-state index contributed by atoms with van der Waals surface area (Å²) in [6.07, 6.45) is 4.74. The number of likely N-dealkylation sites (N-methyl/N-ethyl adjacent to an activating group) is 1. The first kappa shape index (κ1) is 46.7. The minimum atomic E-state index is -2.84. The van der Waals surface area contributed by atoms with Crippen LogP contribution in [0.25, 0.3) is 11.0 Å². The van der Waals surface area contributed by atoms with Gasteiger partial charge in [0, 0.05) is 45.2 Å². The second kappa shape index (κ2) is 20.7. The average molecular weight is 895 g/mol. The summed E-state index contributed by atoms with van der Waals surface area (Å²) in [5, 5.41) is 5.14. The van der Waals surface area contributed by atoms with Crippen molar-refractivity contribution in [3.8, 4) is 11.5 Å². The number of para-hydroxylation sites is 1. The normalized spacial score (nSPS) is 13.4. The maximum Gasteiger partial charge on any atom is 0.263 e. The van der Waals surface area contributed by atoms with E-state index in [2.05, 4.69) is 86.6 Å². The van der Waals surface area contributed by atoms with E-state index in [-0.39, 0.29) is 29.5 Å². The molecule has 65 heavy (non-hydrogen) atoms. The number of nitrogens with zero attached hydrogens (tertiary/aromatic N) is 5. The Bertz CT molecular complexity index is 2550. The summed E-state index contributed by atoms with van der Waals surface area (Å²) in [5.41, 5.74) is 4.12. The molecule has 0 radical (unpaired) electrons. The summed E-state index contributed by atoms with van der Waals surface area (Å²) in [7, 11) is 2.46. The van der Waals surface area contributed by atoms with E-state index in [1.54, 1.807) is 42.5 Å². The van der Waals surface area contributed by atoms with E-state index in [1.807, 2.05) is 58.9 Å².